The summed E-state index contributed by atoms with van der Waals surface area (Å²) in [6.45, 7) is 0. The first-order chi connectivity index (χ1) is 19.9. The van der Waals surface area contributed by atoms with Gasteiger partial charge in [-0.1, -0.05) is 48.5 Å². The lowest BCUT2D eigenvalue weighted by Crippen LogP contribution is -2.04. The molecular weight excluding hydrogens is 550 g/mol. The number of nitriles is 2. The van der Waals surface area contributed by atoms with Crippen molar-refractivity contribution in [2.24, 2.45) is 0 Å². The zero-order valence-corrected chi connectivity index (χ0v) is 21.6. The molecule has 0 saturated carbocycles. The van der Waals surface area contributed by atoms with Gasteiger partial charge in [0.25, 0.3) is 0 Å². The topological polar surface area (TPSA) is 47.6 Å². The quantitative estimate of drug-likeness (QED) is 0.0937. The number of benzene rings is 5. The number of alkyl halides is 6. The number of fused-ring (bicyclic) bond motifs is 2. The molecular formula is C34H18F6N2. The summed E-state index contributed by atoms with van der Waals surface area (Å²) < 4.78 is 77.3. The molecule has 0 fully saturated rings. The van der Waals surface area contributed by atoms with Gasteiger partial charge in [-0.2, -0.15) is 36.9 Å². The van der Waals surface area contributed by atoms with Crippen LogP contribution >= 0.6 is 0 Å². The van der Waals surface area contributed by atoms with Crippen LogP contribution in [0.25, 0.3) is 44.8 Å². The zero-order valence-electron chi connectivity index (χ0n) is 21.6. The molecule has 206 valence electrons. The first-order valence-electron chi connectivity index (χ1n) is 12.5. The van der Waals surface area contributed by atoms with E-state index in [0.717, 1.165) is 45.8 Å². The number of nitrogens with zero attached hydrogens (tertiary/aromatic N) is 2. The summed E-state index contributed by atoms with van der Waals surface area (Å²) in [7, 11) is 0. The van der Waals surface area contributed by atoms with Gasteiger partial charge in [0.2, 0.25) is 0 Å². The average Bonchev–Trinajstić information content (AvgIpc) is 2.96. The summed E-state index contributed by atoms with van der Waals surface area (Å²) in [5.41, 5.74) is 1.02. The van der Waals surface area contributed by atoms with E-state index in [9.17, 15) is 36.9 Å². The largest absolute Gasteiger partial charge is 0.416 e. The third kappa shape index (κ3) is 6.04. The van der Waals surface area contributed by atoms with Gasteiger partial charge in [0.15, 0.2) is 0 Å². The highest BCUT2D eigenvalue weighted by molar-refractivity contribution is 6.01. The third-order valence-electron chi connectivity index (χ3n) is 6.75. The van der Waals surface area contributed by atoms with Gasteiger partial charge in [-0.05, 0) is 104 Å². The summed E-state index contributed by atoms with van der Waals surface area (Å²) in [5.74, 6) is 0. The maximum absolute atomic E-state index is 12.9. The number of allylic oxidation sites excluding steroid dienone is 2. The molecule has 0 saturated heterocycles. The van der Waals surface area contributed by atoms with Gasteiger partial charge in [0.05, 0.1) is 34.4 Å². The lowest BCUT2D eigenvalue weighted by Gasteiger charge is -2.08. The lowest BCUT2D eigenvalue weighted by molar-refractivity contribution is -0.138. The Hall–Kier alpha value is -5.34. The highest BCUT2D eigenvalue weighted by atomic mass is 19.4. The van der Waals surface area contributed by atoms with E-state index in [2.05, 4.69) is 12.1 Å². The van der Waals surface area contributed by atoms with Gasteiger partial charge in [0.1, 0.15) is 0 Å². The summed E-state index contributed by atoms with van der Waals surface area (Å²) >= 11 is 0. The molecule has 0 unspecified atom stereocenters. The fourth-order valence-corrected chi connectivity index (χ4v) is 4.59. The molecule has 0 spiro atoms. The van der Waals surface area contributed by atoms with Crippen LogP contribution in [-0.2, 0) is 12.4 Å². The summed E-state index contributed by atoms with van der Waals surface area (Å²) in [5, 5.41) is 22.8. The van der Waals surface area contributed by atoms with E-state index in [1.165, 1.54) is 24.3 Å². The molecule has 0 bridgehead atoms. The average molecular weight is 569 g/mol. The Morgan fingerprint density at radius 2 is 0.833 bits per heavy atom. The Morgan fingerprint density at radius 1 is 0.476 bits per heavy atom. The third-order valence-corrected chi connectivity index (χ3v) is 6.75. The van der Waals surface area contributed by atoms with Crippen molar-refractivity contribution in [3.05, 3.63) is 130 Å². The molecule has 5 aromatic carbocycles. The first-order valence-corrected chi connectivity index (χ1v) is 12.5. The Balaban J connectivity index is 1.45. The number of rotatable bonds is 4. The van der Waals surface area contributed by atoms with E-state index >= 15 is 0 Å². The minimum atomic E-state index is -4.46. The van der Waals surface area contributed by atoms with Gasteiger partial charge < -0.3 is 0 Å². The molecule has 0 aromatic heterocycles. The van der Waals surface area contributed by atoms with Gasteiger partial charge in [-0.3, -0.25) is 0 Å². The van der Waals surface area contributed by atoms with Gasteiger partial charge in [0, 0.05) is 0 Å². The summed E-state index contributed by atoms with van der Waals surface area (Å²) in [6.07, 6.45) is -5.69. The van der Waals surface area contributed by atoms with Gasteiger partial charge in [-0.15, -0.1) is 0 Å². The molecule has 2 nitrogen and oxygen atoms in total. The Morgan fingerprint density at radius 3 is 1.14 bits per heavy atom. The van der Waals surface area contributed by atoms with Crippen LogP contribution in [0.1, 0.15) is 33.4 Å². The van der Waals surface area contributed by atoms with Crippen LogP contribution < -0.4 is 0 Å². The van der Waals surface area contributed by atoms with Crippen molar-refractivity contribution in [1.29, 1.82) is 10.5 Å². The Kier molecular flexibility index (Phi) is 7.33. The second-order valence-electron chi connectivity index (χ2n) is 9.56. The van der Waals surface area contributed by atoms with Crippen molar-refractivity contribution < 1.29 is 26.3 Å². The predicted octanol–water partition coefficient (Wildman–Crippen LogP) is 10.2. The van der Waals surface area contributed by atoms with E-state index in [4.69, 9.17) is 0 Å². The molecule has 0 N–H and O–H groups in total. The smallest absolute Gasteiger partial charge is 0.192 e. The van der Waals surface area contributed by atoms with E-state index in [1.54, 1.807) is 24.3 Å². The second-order valence-corrected chi connectivity index (χ2v) is 9.56. The summed E-state index contributed by atoms with van der Waals surface area (Å²) in [6, 6.07) is 28.0. The van der Waals surface area contributed by atoms with Crippen molar-refractivity contribution in [2.75, 3.05) is 0 Å². The molecule has 0 heterocycles. The van der Waals surface area contributed by atoms with Crippen LogP contribution in [0, 0.1) is 22.7 Å². The second kappa shape index (κ2) is 10.9. The number of hydrogen-bond acceptors (Lipinski definition) is 2. The van der Waals surface area contributed by atoms with Gasteiger partial charge >= 0.3 is 12.4 Å². The van der Waals surface area contributed by atoms with Crippen LogP contribution in [0.2, 0.25) is 0 Å². The van der Waals surface area contributed by atoms with Crippen LogP contribution in [0.15, 0.2) is 97.1 Å². The molecule has 8 heteroatoms. The van der Waals surface area contributed by atoms with E-state index in [1.807, 2.05) is 36.4 Å². The van der Waals surface area contributed by atoms with Crippen molar-refractivity contribution in [1.82, 2.24) is 0 Å². The SMILES string of the molecule is N#C/C(=C\c1ccc2cc3cc(/C=C(\C#N)c4ccc(C(F)(F)F)cc4)ccc3cc2c1)c1ccc(C(F)(F)F)cc1. The molecule has 0 amide bonds. The fraction of sp³-hybridized carbons (Fsp3) is 0.0588. The molecule has 5 aromatic rings. The van der Waals surface area contributed by atoms with Crippen molar-refractivity contribution in [2.45, 2.75) is 12.4 Å². The molecule has 0 atom stereocenters. The first kappa shape index (κ1) is 28.2. The Labute approximate surface area is 236 Å². The minimum Gasteiger partial charge on any atom is -0.192 e. The van der Waals surface area contributed by atoms with Crippen molar-refractivity contribution >= 4 is 44.8 Å². The Bertz CT molecular complexity index is 1800. The van der Waals surface area contributed by atoms with Crippen molar-refractivity contribution in [3.8, 4) is 12.1 Å². The van der Waals surface area contributed by atoms with Gasteiger partial charge in [-0.25, -0.2) is 0 Å². The number of halogens is 6. The summed E-state index contributed by atoms with van der Waals surface area (Å²) in [4.78, 5) is 0. The molecule has 0 aliphatic rings. The predicted molar refractivity (Wildman–Crippen MR) is 151 cm³/mol. The minimum absolute atomic E-state index is 0.224. The molecule has 42 heavy (non-hydrogen) atoms. The number of hydrogen-bond donors (Lipinski definition) is 0. The van der Waals surface area contributed by atoms with Crippen LogP contribution in [0.3, 0.4) is 0 Å². The standard InChI is InChI=1S/C34H18F6N2/c35-33(36,37)31-9-5-23(6-10-31)29(19-41)15-21-1-3-25-17-28-14-22(2-4-26(28)18-27(25)13-21)16-30(20-42)24-7-11-32(12-8-24)34(38,39)40/h1-18H/b29-15+,30-16+. The highest BCUT2D eigenvalue weighted by Crippen LogP contribution is 2.32. The van der Waals surface area contributed by atoms with Crippen LogP contribution in [0.5, 0.6) is 0 Å². The molecule has 5 rings (SSSR count). The van der Waals surface area contributed by atoms with Crippen molar-refractivity contribution in [3.63, 3.8) is 0 Å². The van der Waals surface area contributed by atoms with E-state index in [-0.39, 0.29) is 11.1 Å². The molecule has 0 aliphatic carbocycles. The fourth-order valence-electron chi connectivity index (χ4n) is 4.59. The monoisotopic (exact) mass is 568 g/mol. The maximum atomic E-state index is 12.9. The van der Waals surface area contributed by atoms with Crippen LogP contribution in [0.4, 0.5) is 26.3 Å². The normalized spacial score (nSPS) is 12.8. The highest BCUT2D eigenvalue weighted by Gasteiger charge is 2.30. The molecule has 0 radical (unpaired) electrons. The maximum Gasteiger partial charge on any atom is 0.416 e. The zero-order chi connectivity index (χ0) is 30.1. The van der Waals surface area contributed by atoms with E-state index in [0.29, 0.717) is 22.3 Å². The lowest BCUT2D eigenvalue weighted by atomic mass is 9.97. The van der Waals surface area contributed by atoms with E-state index < -0.39 is 23.5 Å². The molecule has 0 aliphatic heterocycles. The van der Waals surface area contributed by atoms with Crippen LogP contribution in [-0.4, -0.2) is 0 Å².